The standard InChI is InChI=1S/C62H56BNS2/c1-37-33-39(3)59(40(4)34-37)63(60-41(5)35-38(2)36-42(60)6)56-32-31-55(66-56)54-30-29-53(65-54)43-25-27-44(28-26-43)64(51-23-15-19-47-45-17-11-13-21-49(45)61(7,8)57(47)51)52-24-16-20-48-46-18-12-14-22-50(46)62(9,10)58(48)52/h11-36H,1-10H3. The lowest BCUT2D eigenvalue weighted by Gasteiger charge is -2.35. The molecule has 0 saturated carbocycles. The topological polar surface area (TPSA) is 3.24 Å². The van der Waals surface area contributed by atoms with Crippen LogP contribution in [-0.4, -0.2) is 6.71 Å². The molecule has 0 amide bonds. The monoisotopic (exact) mass is 889 g/mol. The Kier molecular flexibility index (Phi) is 10.1. The first-order valence-electron chi connectivity index (χ1n) is 23.4. The number of rotatable bonds is 8. The van der Waals surface area contributed by atoms with Crippen LogP contribution in [0.3, 0.4) is 0 Å². The van der Waals surface area contributed by atoms with Crippen molar-refractivity contribution in [1.29, 1.82) is 0 Å². The molecule has 2 heterocycles. The Hall–Kier alpha value is -6.20. The molecule has 1 nitrogen and oxygen atoms in total. The summed E-state index contributed by atoms with van der Waals surface area (Å²) < 4.78 is 1.40. The maximum absolute atomic E-state index is 2.57. The summed E-state index contributed by atoms with van der Waals surface area (Å²) in [6, 6.07) is 60.1. The van der Waals surface area contributed by atoms with Crippen LogP contribution in [0.25, 0.3) is 42.4 Å². The second-order valence-corrected chi connectivity index (χ2v) is 22.2. The molecule has 324 valence electrons. The molecule has 11 rings (SSSR count). The molecular weight excluding hydrogens is 834 g/mol. The summed E-state index contributed by atoms with van der Waals surface area (Å²) in [4.78, 5) is 6.48. The zero-order chi connectivity index (χ0) is 45.8. The van der Waals surface area contributed by atoms with Gasteiger partial charge >= 0.3 is 0 Å². The number of hydrogen-bond acceptors (Lipinski definition) is 3. The summed E-state index contributed by atoms with van der Waals surface area (Å²) in [7, 11) is 0. The van der Waals surface area contributed by atoms with E-state index in [1.165, 1.54) is 125 Å². The van der Waals surface area contributed by atoms with Crippen LogP contribution in [0.2, 0.25) is 0 Å². The van der Waals surface area contributed by atoms with Gasteiger partial charge in [0.15, 0.2) is 0 Å². The van der Waals surface area contributed by atoms with Gasteiger partial charge in [0, 0.05) is 31.1 Å². The first-order chi connectivity index (χ1) is 31.7. The van der Waals surface area contributed by atoms with Crippen molar-refractivity contribution in [2.24, 2.45) is 0 Å². The van der Waals surface area contributed by atoms with Gasteiger partial charge in [-0.2, -0.15) is 0 Å². The average Bonchev–Trinajstić information content (AvgIpc) is 4.07. The van der Waals surface area contributed by atoms with Crippen LogP contribution in [-0.2, 0) is 10.8 Å². The van der Waals surface area contributed by atoms with Crippen molar-refractivity contribution in [3.63, 3.8) is 0 Å². The Labute approximate surface area is 400 Å². The molecule has 2 aromatic heterocycles. The Balaban J connectivity index is 0.995. The molecule has 2 aliphatic carbocycles. The fourth-order valence-corrected chi connectivity index (χ4v) is 14.4. The number of benzene rings is 7. The van der Waals surface area contributed by atoms with Gasteiger partial charge in [-0.3, -0.25) is 0 Å². The highest BCUT2D eigenvalue weighted by molar-refractivity contribution is 7.31. The van der Waals surface area contributed by atoms with Gasteiger partial charge in [-0.1, -0.05) is 187 Å². The fraction of sp³-hybridized carbons (Fsp3) is 0.194. The largest absolute Gasteiger partial charge is 0.310 e. The van der Waals surface area contributed by atoms with E-state index in [1.54, 1.807) is 0 Å². The minimum absolute atomic E-state index is 0.177. The summed E-state index contributed by atoms with van der Waals surface area (Å²) in [6.45, 7) is 23.4. The molecule has 66 heavy (non-hydrogen) atoms. The normalized spacial score (nSPS) is 13.8. The number of fused-ring (bicyclic) bond motifs is 6. The maximum Gasteiger partial charge on any atom is 0.255 e. The third-order valence-electron chi connectivity index (χ3n) is 14.8. The van der Waals surface area contributed by atoms with Crippen LogP contribution in [0.15, 0.2) is 158 Å². The molecule has 0 spiro atoms. The van der Waals surface area contributed by atoms with Crippen molar-refractivity contribution in [1.82, 2.24) is 0 Å². The smallest absolute Gasteiger partial charge is 0.255 e. The Morgan fingerprint density at radius 2 is 0.833 bits per heavy atom. The van der Waals surface area contributed by atoms with E-state index in [-0.39, 0.29) is 17.5 Å². The first kappa shape index (κ1) is 42.4. The number of aryl methyl sites for hydroxylation is 6. The van der Waals surface area contributed by atoms with E-state index in [0.29, 0.717) is 0 Å². The van der Waals surface area contributed by atoms with Crippen molar-refractivity contribution >= 4 is 62.2 Å². The van der Waals surface area contributed by atoms with Crippen LogP contribution in [0, 0.1) is 41.5 Å². The summed E-state index contributed by atoms with van der Waals surface area (Å²) >= 11 is 3.84. The van der Waals surface area contributed by atoms with E-state index >= 15 is 0 Å². The lowest BCUT2D eigenvalue weighted by atomic mass is 9.37. The lowest BCUT2D eigenvalue weighted by Crippen LogP contribution is -2.54. The number of nitrogens with zero attached hydrogens (tertiary/aromatic N) is 1. The fourth-order valence-electron chi connectivity index (χ4n) is 12.2. The van der Waals surface area contributed by atoms with Crippen molar-refractivity contribution in [3.8, 4) is 42.4 Å². The molecule has 9 aromatic rings. The Morgan fingerprint density at radius 1 is 0.409 bits per heavy atom. The second kappa shape index (κ2) is 15.7. The van der Waals surface area contributed by atoms with Gasteiger partial charge in [-0.15, -0.1) is 22.7 Å². The predicted molar refractivity (Wildman–Crippen MR) is 289 cm³/mol. The lowest BCUT2D eigenvalue weighted by molar-refractivity contribution is 0.656. The van der Waals surface area contributed by atoms with Gasteiger partial charge in [0.25, 0.3) is 6.71 Å². The van der Waals surface area contributed by atoms with E-state index in [2.05, 4.69) is 232 Å². The van der Waals surface area contributed by atoms with E-state index < -0.39 is 0 Å². The molecule has 0 saturated heterocycles. The highest BCUT2D eigenvalue weighted by Crippen LogP contribution is 2.58. The van der Waals surface area contributed by atoms with E-state index in [4.69, 9.17) is 0 Å². The molecule has 4 heteroatoms. The minimum Gasteiger partial charge on any atom is -0.310 e. The summed E-state index contributed by atoms with van der Waals surface area (Å²) in [5, 5.41) is 0. The van der Waals surface area contributed by atoms with Gasteiger partial charge < -0.3 is 4.90 Å². The summed E-state index contributed by atoms with van der Waals surface area (Å²) in [6.07, 6.45) is 0. The van der Waals surface area contributed by atoms with Gasteiger partial charge in [-0.25, -0.2) is 0 Å². The molecule has 0 bridgehead atoms. The van der Waals surface area contributed by atoms with Crippen LogP contribution in [0.4, 0.5) is 17.1 Å². The number of thiophene rings is 2. The van der Waals surface area contributed by atoms with Crippen molar-refractivity contribution in [2.45, 2.75) is 80.1 Å². The second-order valence-electron chi connectivity index (χ2n) is 20.0. The molecule has 0 fully saturated rings. The average molecular weight is 890 g/mol. The van der Waals surface area contributed by atoms with Crippen LogP contribution >= 0.6 is 22.7 Å². The van der Waals surface area contributed by atoms with Gasteiger partial charge in [0.1, 0.15) is 0 Å². The molecule has 0 aliphatic heterocycles. The molecule has 0 unspecified atom stereocenters. The third kappa shape index (κ3) is 6.62. The minimum atomic E-state index is -0.179. The summed E-state index contributed by atoms with van der Waals surface area (Å²) in [5.74, 6) is 0. The molecule has 0 atom stereocenters. The Morgan fingerprint density at radius 3 is 1.33 bits per heavy atom. The van der Waals surface area contributed by atoms with Gasteiger partial charge in [0.2, 0.25) is 0 Å². The maximum atomic E-state index is 2.57. The van der Waals surface area contributed by atoms with Crippen molar-refractivity contribution < 1.29 is 0 Å². The molecular formula is C62H56BNS2. The van der Waals surface area contributed by atoms with Crippen molar-refractivity contribution in [3.05, 3.63) is 213 Å². The molecule has 0 radical (unpaired) electrons. The number of anilines is 3. The van der Waals surface area contributed by atoms with Gasteiger partial charge in [0.05, 0.1) is 11.4 Å². The predicted octanol–water partition coefficient (Wildman–Crippen LogP) is 15.6. The third-order valence-corrected chi connectivity index (χ3v) is 17.3. The van der Waals surface area contributed by atoms with Crippen LogP contribution in [0.5, 0.6) is 0 Å². The van der Waals surface area contributed by atoms with Crippen molar-refractivity contribution in [2.75, 3.05) is 4.90 Å². The highest BCUT2D eigenvalue weighted by atomic mass is 32.1. The molecule has 2 aliphatic rings. The van der Waals surface area contributed by atoms with Crippen LogP contribution in [0.1, 0.15) is 83.3 Å². The summed E-state index contributed by atoms with van der Waals surface area (Å²) in [5.41, 5.74) is 26.3. The quantitative estimate of drug-likeness (QED) is 0.137. The van der Waals surface area contributed by atoms with E-state index in [0.717, 1.165) is 5.69 Å². The zero-order valence-electron chi connectivity index (χ0n) is 39.9. The first-order valence-corrected chi connectivity index (χ1v) is 25.1. The zero-order valence-corrected chi connectivity index (χ0v) is 41.5. The SMILES string of the molecule is Cc1cc(C)c(B(c2ccc(-c3ccc(-c4ccc(N(c5cccc6c5C(C)(C)c5ccccc5-6)c5cccc6c5C(C)(C)c5ccccc5-6)cc4)s3)s2)c2c(C)cc(C)cc2C)c(C)c1. The molecule has 0 N–H and O–H groups in total. The van der Waals surface area contributed by atoms with E-state index in [1.807, 2.05) is 22.7 Å². The highest BCUT2D eigenvalue weighted by Gasteiger charge is 2.42. The Bertz CT molecular complexity index is 3180. The molecule has 7 aromatic carbocycles. The number of hydrogen-bond donors (Lipinski definition) is 0. The van der Waals surface area contributed by atoms with Gasteiger partial charge in [-0.05, 0) is 139 Å². The van der Waals surface area contributed by atoms with Crippen LogP contribution < -0.4 is 20.6 Å². The van der Waals surface area contributed by atoms with E-state index in [9.17, 15) is 0 Å².